The van der Waals surface area contributed by atoms with Crippen molar-refractivity contribution in [2.45, 2.75) is 50.3 Å². The van der Waals surface area contributed by atoms with Crippen molar-refractivity contribution in [2.24, 2.45) is 5.92 Å². The average molecular weight is 252 g/mol. The van der Waals surface area contributed by atoms with Gasteiger partial charge in [-0.05, 0) is 25.3 Å². The van der Waals surface area contributed by atoms with Crippen LogP contribution in [0.2, 0.25) is 0 Å². The van der Waals surface area contributed by atoms with Crippen molar-refractivity contribution in [3.8, 4) is 0 Å². The maximum atomic E-state index is 9.96. The largest absolute Gasteiger partial charge is 0.392 e. The molecule has 1 atom stereocenters. The van der Waals surface area contributed by atoms with Gasteiger partial charge >= 0.3 is 0 Å². The molecule has 1 aliphatic carbocycles. The Morgan fingerprint density at radius 2 is 2.24 bits per heavy atom. The number of aliphatic hydroxyl groups excluding tert-OH is 1. The van der Waals surface area contributed by atoms with Gasteiger partial charge in [0.2, 0.25) is 0 Å². The van der Waals surface area contributed by atoms with E-state index in [1.165, 1.54) is 25.7 Å². The lowest BCUT2D eigenvalue weighted by Gasteiger charge is -2.14. The van der Waals surface area contributed by atoms with E-state index in [0.29, 0.717) is 5.75 Å². The fourth-order valence-corrected chi connectivity index (χ4v) is 3.19. The van der Waals surface area contributed by atoms with Crippen molar-refractivity contribution >= 4 is 11.8 Å². The van der Waals surface area contributed by atoms with E-state index in [1.807, 2.05) is 13.0 Å². The highest BCUT2D eigenvalue weighted by molar-refractivity contribution is 7.99. The van der Waals surface area contributed by atoms with Gasteiger partial charge in [0.05, 0.1) is 6.10 Å². The Balaban J connectivity index is 1.73. The molecule has 1 aliphatic rings. The van der Waals surface area contributed by atoms with E-state index in [1.54, 1.807) is 18.0 Å². The van der Waals surface area contributed by atoms with Gasteiger partial charge in [-0.15, -0.1) is 0 Å². The molecule has 4 heteroatoms. The maximum absolute atomic E-state index is 9.96. The lowest BCUT2D eigenvalue weighted by Crippen LogP contribution is -2.14. The minimum atomic E-state index is -0.216. The van der Waals surface area contributed by atoms with Crippen molar-refractivity contribution in [3.63, 3.8) is 0 Å². The van der Waals surface area contributed by atoms with Gasteiger partial charge in [0.15, 0.2) is 5.16 Å². The molecule has 2 rings (SSSR count). The molecular formula is C13H20N2OS. The van der Waals surface area contributed by atoms with Crippen LogP contribution in [0.25, 0.3) is 0 Å². The van der Waals surface area contributed by atoms with Crippen LogP contribution >= 0.6 is 11.8 Å². The third-order valence-electron chi connectivity index (χ3n) is 3.26. The Kier molecular flexibility index (Phi) is 4.80. The molecule has 17 heavy (non-hydrogen) atoms. The van der Waals surface area contributed by atoms with E-state index >= 15 is 0 Å². The quantitative estimate of drug-likeness (QED) is 0.646. The predicted molar refractivity (Wildman–Crippen MR) is 70.1 cm³/mol. The minimum absolute atomic E-state index is 0.216. The van der Waals surface area contributed by atoms with Gasteiger partial charge in [0.25, 0.3) is 0 Å². The number of hydrogen-bond acceptors (Lipinski definition) is 4. The average Bonchev–Trinajstić information content (AvgIpc) is 2.79. The third-order valence-corrected chi connectivity index (χ3v) is 4.26. The molecular weight excluding hydrogens is 232 g/mol. The highest BCUT2D eigenvalue weighted by Crippen LogP contribution is 2.29. The summed E-state index contributed by atoms with van der Waals surface area (Å²) >= 11 is 1.55. The van der Waals surface area contributed by atoms with Crippen molar-refractivity contribution < 1.29 is 5.11 Å². The molecule has 94 valence electrons. The Hall–Kier alpha value is -0.610. The second-order valence-electron chi connectivity index (χ2n) is 4.83. The number of aryl methyl sites for hydroxylation is 1. The van der Waals surface area contributed by atoms with Gasteiger partial charge in [-0.2, -0.15) is 0 Å². The summed E-state index contributed by atoms with van der Waals surface area (Å²) in [5.74, 6) is 1.45. The first kappa shape index (κ1) is 12.8. The second kappa shape index (κ2) is 6.36. The molecule has 0 saturated heterocycles. The van der Waals surface area contributed by atoms with Crippen molar-refractivity contribution in [1.29, 1.82) is 0 Å². The summed E-state index contributed by atoms with van der Waals surface area (Å²) < 4.78 is 0. The van der Waals surface area contributed by atoms with Gasteiger partial charge in [-0.25, -0.2) is 9.97 Å². The Morgan fingerprint density at radius 3 is 2.94 bits per heavy atom. The van der Waals surface area contributed by atoms with Gasteiger partial charge in [0.1, 0.15) is 0 Å². The minimum Gasteiger partial charge on any atom is -0.392 e. The van der Waals surface area contributed by atoms with E-state index in [0.717, 1.165) is 23.2 Å². The van der Waals surface area contributed by atoms with Gasteiger partial charge in [0, 0.05) is 17.6 Å². The Labute approximate surface area is 107 Å². The number of aromatic nitrogens is 2. The molecule has 0 aliphatic heterocycles. The van der Waals surface area contributed by atoms with E-state index < -0.39 is 0 Å². The lowest BCUT2D eigenvalue weighted by atomic mass is 10.0. The summed E-state index contributed by atoms with van der Waals surface area (Å²) in [7, 11) is 0. The first-order valence-corrected chi connectivity index (χ1v) is 7.33. The number of thioether (sulfide) groups is 1. The number of rotatable bonds is 5. The maximum Gasteiger partial charge on any atom is 0.187 e. The van der Waals surface area contributed by atoms with Crippen LogP contribution in [0.1, 0.15) is 37.8 Å². The topological polar surface area (TPSA) is 46.0 Å². The normalized spacial score (nSPS) is 18.5. The zero-order chi connectivity index (χ0) is 12.1. The monoisotopic (exact) mass is 252 g/mol. The molecule has 1 heterocycles. The summed E-state index contributed by atoms with van der Waals surface area (Å²) in [6.07, 6.45) is 7.77. The van der Waals surface area contributed by atoms with Crippen molar-refractivity contribution in [3.05, 3.63) is 18.0 Å². The van der Waals surface area contributed by atoms with Crippen molar-refractivity contribution in [1.82, 2.24) is 9.97 Å². The molecule has 1 N–H and O–H groups in total. The summed E-state index contributed by atoms with van der Waals surface area (Å²) in [5.41, 5.74) is 0.979. The number of hydrogen-bond donors (Lipinski definition) is 1. The summed E-state index contributed by atoms with van der Waals surface area (Å²) in [5, 5.41) is 10.7. The molecule has 1 saturated carbocycles. The highest BCUT2D eigenvalue weighted by Gasteiger charge is 2.19. The number of nitrogens with zero attached hydrogens (tertiary/aromatic N) is 2. The molecule has 1 unspecified atom stereocenters. The van der Waals surface area contributed by atoms with E-state index in [-0.39, 0.29) is 6.10 Å². The van der Waals surface area contributed by atoms with E-state index in [4.69, 9.17) is 0 Å². The number of aliphatic hydroxyl groups is 1. The Bertz CT molecular complexity index is 353. The van der Waals surface area contributed by atoms with Crippen LogP contribution in [0.15, 0.2) is 17.4 Å². The summed E-state index contributed by atoms with van der Waals surface area (Å²) in [6.45, 7) is 1.96. The standard InChI is InChI=1S/C13H20N2OS/c1-10-6-7-14-13(15-10)17-9-12(16)8-11-4-2-3-5-11/h6-7,11-12,16H,2-5,8-9H2,1H3. The fraction of sp³-hybridized carbons (Fsp3) is 0.692. The van der Waals surface area contributed by atoms with E-state index in [2.05, 4.69) is 9.97 Å². The van der Waals surface area contributed by atoms with Crippen LogP contribution in [0.5, 0.6) is 0 Å². The van der Waals surface area contributed by atoms with Gasteiger partial charge in [-0.1, -0.05) is 37.4 Å². The second-order valence-corrected chi connectivity index (χ2v) is 5.82. The van der Waals surface area contributed by atoms with Crippen LogP contribution in [0, 0.1) is 12.8 Å². The van der Waals surface area contributed by atoms with Gasteiger partial charge in [-0.3, -0.25) is 0 Å². The first-order chi connectivity index (χ1) is 8.24. The molecule has 1 aromatic heterocycles. The molecule has 1 fully saturated rings. The predicted octanol–water partition coefficient (Wildman–Crippen LogP) is 2.82. The molecule has 0 aromatic carbocycles. The van der Waals surface area contributed by atoms with Gasteiger partial charge < -0.3 is 5.11 Å². The SMILES string of the molecule is Cc1ccnc(SCC(O)CC2CCCC2)n1. The van der Waals surface area contributed by atoms with E-state index in [9.17, 15) is 5.11 Å². The fourth-order valence-electron chi connectivity index (χ4n) is 2.37. The third kappa shape index (κ3) is 4.28. The Morgan fingerprint density at radius 1 is 1.47 bits per heavy atom. The summed E-state index contributed by atoms with van der Waals surface area (Å²) in [6, 6.07) is 1.89. The zero-order valence-electron chi connectivity index (χ0n) is 10.3. The van der Waals surface area contributed by atoms with Crippen LogP contribution in [0.4, 0.5) is 0 Å². The lowest BCUT2D eigenvalue weighted by molar-refractivity contribution is 0.165. The molecule has 0 spiro atoms. The van der Waals surface area contributed by atoms with Crippen LogP contribution < -0.4 is 0 Å². The van der Waals surface area contributed by atoms with Crippen LogP contribution in [-0.4, -0.2) is 26.9 Å². The van der Waals surface area contributed by atoms with Crippen LogP contribution in [0.3, 0.4) is 0 Å². The molecule has 0 amide bonds. The molecule has 3 nitrogen and oxygen atoms in total. The highest BCUT2D eigenvalue weighted by atomic mass is 32.2. The molecule has 0 bridgehead atoms. The van der Waals surface area contributed by atoms with Crippen molar-refractivity contribution in [2.75, 3.05) is 5.75 Å². The summed E-state index contributed by atoms with van der Waals surface area (Å²) in [4.78, 5) is 8.50. The molecule has 0 radical (unpaired) electrons. The first-order valence-electron chi connectivity index (χ1n) is 6.34. The smallest absolute Gasteiger partial charge is 0.187 e. The zero-order valence-corrected chi connectivity index (χ0v) is 11.1. The van der Waals surface area contributed by atoms with Crippen LogP contribution in [-0.2, 0) is 0 Å². The molecule has 1 aromatic rings.